The van der Waals surface area contributed by atoms with Gasteiger partial charge in [-0.1, -0.05) is 19.1 Å². The van der Waals surface area contributed by atoms with E-state index >= 15 is 0 Å². The second kappa shape index (κ2) is 5.84. The van der Waals surface area contributed by atoms with Gasteiger partial charge in [-0.3, -0.25) is 4.68 Å². The monoisotopic (exact) mass is 326 g/mol. The van der Waals surface area contributed by atoms with E-state index in [0.717, 1.165) is 22.3 Å². The summed E-state index contributed by atoms with van der Waals surface area (Å²) >= 11 is 3.52. The quantitative estimate of drug-likeness (QED) is 0.937. The van der Waals surface area contributed by atoms with Crippen LogP contribution in [0.5, 0.6) is 0 Å². The molecule has 3 nitrogen and oxygen atoms in total. The van der Waals surface area contributed by atoms with Crippen LogP contribution in [0.15, 0.2) is 28.7 Å². The lowest BCUT2D eigenvalue weighted by Crippen LogP contribution is -2.07. The number of aromatic nitrogens is 2. The fraction of sp³-hybridized carbons (Fsp3) is 0.357. The first-order valence-electron chi connectivity index (χ1n) is 6.16. The highest BCUT2D eigenvalue weighted by Gasteiger charge is 2.17. The van der Waals surface area contributed by atoms with Gasteiger partial charge in [-0.2, -0.15) is 5.10 Å². The molecule has 1 unspecified atom stereocenters. The maximum Gasteiger partial charge on any atom is 0.123 e. The largest absolute Gasteiger partial charge is 0.388 e. The first-order valence-corrected chi connectivity index (χ1v) is 6.96. The van der Waals surface area contributed by atoms with Gasteiger partial charge < -0.3 is 5.11 Å². The Morgan fingerprint density at radius 3 is 2.53 bits per heavy atom. The van der Waals surface area contributed by atoms with Gasteiger partial charge in [-0.05, 0) is 40.0 Å². The smallest absolute Gasteiger partial charge is 0.123 e. The van der Waals surface area contributed by atoms with Crippen LogP contribution < -0.4 is 0 Å². The van der Waals surface area contributed by atoms with Crippen molar-refractivity contribution in [2.75, 3.05) is 0 Å². The average Bonchev–Trinajstić information content (AvgIpc) is 2.67. The van der Waals surface area contributed by atoms with E-state index in [9.17, 15) is 9.50 Å². The van der Waals surface area contributed by atoms with Crippen LogP contribution >= 0.6 is 15.9 Å². The van der Waals surface area contributed by atoms with Crippen LogP contribution in [0.1, 0.15) is 30.0 Å². The summed E-state index contributed by atoms with van der Waals surface area (Å²) in [5.41, 5.74) is 2.62. The molecule has 0 radical (unpaired) electrons. The molecule has 0 saturated carbocycles. The van der Waals surface area contributed by atoms with Gasteiger partial charge >= 0.3 is 0 Å². The highest BCUT2D eigenvalue weighted by Crippen LogP contribution is 2.26. The predicted octanol–water partition coefficient (Wildman–Crippen LogP) is 3.16. The minimum atomic E-state index is -0.669. The molecule has 1 atom stereocenters. The molecule has 2 rings (SSSR count). The minimum Gasteiger partial charge on any atom is -0.388 e. The molecule has 0 bridgehead atoms. The molecule has 1 N–H and O–H groups in total. The van der Waals surface area contributed by atoms with Crippen LogP contribution in [0.25, 0.3) is 0 Å². The molecule has 0 aliphatic rings. The van der Waals surface area contributed by atoms with Gasteiger partial charge in [0.2, 0.25) is 0 Å². The number of halogens is 2. The summed E-state index contributed by atoms with van der Waals surface area (Å²) in [4.78, 5) is 0. The van der Waals surface area contributed by atoms with Gasteiger partial charge in [-0.25, -0.2) is 4.39 Å². The number of aryl methyl sites for hydroxylation is 2. The van der Waals surface area contributed by atoms with Crippen molar-refractivity contribution in [2.45, 2.75) is 25.9 Å². The van der Waals surface area contributed by atoms with Crippen molar-refractivity contribution in [3.8, 4) is 0 Å². The molecule has 1 heterocycles. The lowest BCUT2D eigenvalue weighted by atomic mass is 10.0. The standard InChI is InChI=1S/C14H16BrFN2O/c1-3-11-14(15)12(18(2)17-11)8-13(19)9-4-6-10(16)7-5-9/h4-7,13,19H,3,8H2,1-2H3. The van der Waals surface area contributed by atoms with Crippen molar-refractivity contribution in [1.82, 2.24) is 9.78 Å². The summed E-state index contributed by atoms with van der Waals surface area (Å²) in [7, 11) is 1.86. The number of hydrogen-bond acceptors (Lipinski definition) is 2. The van der Waals surface area contributed by atoms with Crippen LogP contribution in [0.2, 0.25) is 0 Å². The van der Waals surface area contributed by atoms with E-state index in [1.54, 1.807) is 16.8 Å². The molecule has 0 fully saturated rings. The Morgan fingerprint density at radius 1 is 1.37 bits per heavy atom. The maximum absolute atomic E-state index is 12.9. The molecule has 1 aromatic carbocycles. The number of benzene rings is 1. The molecule has 0 saturated heterocycles. The van der Waals surface area contributed by atoms with E-state index in [2.05, 4.69) is 21.0 Å². The van der Waals surface area contributed by atoms with Crippen molar-refractivity contribution < 1.29 is 9.50 Å². The highest BCUT2D eigenvalue weighted by atomic mass is 79.9. The summed E-state index contributed by atoms with van der Waals surface area (Å²) in [6.07, 6.45) is 0.605. The summed E-state index contributed by atoms with van der Waals surface area (Å²) in [6, 6.07) is 5.92. The Morgan fingerprint density at radius 2 is 2.00 bits per heavy atom. The summed E-state index contributed by atoms with van der Waals surface area (Å²) < 4.78 is 15.6. The second-order valence-electron chi connectivity index (χ2n) is 4.46. The maximum atomic E-state index is 12.9. The fourth-order valence-electron chi connectivity index (χ4n) is 2.03. The average molecular weight is 327 g/mol. The SMILES string of the molecule is CCc1nn(C)c(CC(O)c2ccc(F)cc2)c1Br. The van der Waals surface area contributed by atoms with E-state index in [1.807, 2.05) is 14.0 Å². The van der Waals surface area contributed by atoms with Crippen LogP contribution in [0, 0.1) is 5.82 Å². The predicted molar refractivity (Wildman–Crippen MR) is 75.3 cm³/mol. The van der Waals surface area contributed by atoms with Gasteiger partial charge in [0.1, 0.15) is 5.82 Å². The Hall–Kier alpha value is -1.20. The zero-order chi connectivity index (χ0) is 14.0. The molecular weight excluding hydrogens is 311 g/mol. The molecule has 2 aromatic rings. The van der Waals surface area contributed by atoms with Gasteiger partial charge in [0, 0.05) is 13.5 Å². The molecule has 5 heteroatoms. The Bertz CT molecular complexity index is 566. The Balaban J connectivity index is 2.21. The molecule has 0 amide bonds. The summed E-state index contributed by atoms with van der Waals surface area (Å²) in [5.74, 6) is -0.300. The molecule has 0 aliphatic carbocycles. The van der Waals surface area contributed by atoms with Crippen molar-refractivity contribution >= 4 is 15.9 Å². The number of hydrogen-bond donors (Lipinski definition) is 1. The van der Waals surface area contributed by atoms with E-state index < -0.39 is 6.10 Å². The van der Waals surface area contributed by atoms with Gasteiger partial charge in [0.25, 0.3) is 0 Å². The van der Waals surface area contributed by atoms with E-state index in [4.69, 9.17) is 0 Å². The number of aliphatic hydroxyl groups excluding tert-OH is 1. The van der Waals surface area contributed by atoms with Crippen molar-refractivity contribution in [2.24, 2.45) is 7.05 Å². The third kappa shape index (κ3) is 3.04. The number of rotatable bonds is 4. The fourth-order valence-corrected chi connectivity index (χ4v) is 2.81. The van der Waals surface area contributed by atoms with Crippen LogP contribution in [-0.4, -0.2) is 14.9 Å². The van der Waals surface area contributed by atoms with Crippen molar-refractivity contribution in [1.29, 1.82) is 0 Å². The number of aliphatic hydroxyl groups is 1. The summed E-state index contributed by atoms with van der Waals surface area (Å²) in [5, 5.41) is 14.6. The molecule has 0 spiro atoms. The topological polar surface area (TPSA) is 38.0 Å². The van der Waals surface area contributed by atoms with Gasteiger partial charge in [0.05, 0.1) is 22.0 Å². The van der Waals surface area contributed by atoms with E-state index in [-0.39, 0.29) is 5.82 Å². The first kappa shape index (κ1) is 14.2. The third-order valence-corrected chi connectivity index (χ3v) is 4.06. The van der Waals surface area contributed by atoms with Gasteiger partial charge in [-0.15, -0.1) is 0 Å². The second-order valence-corrected chi connectivity index (χ2v) is 5.25. The zero-order valence-corrected chi connectivity index (χ0v) is 12.5. The number of nitrogens with zero attached hydrogens (tertiary/aromatic N) is 2. The van der Waals surface area contributed by atoms with Crippen molar-refractivity contribution in [3.05, 3.63) is 51.5 Å². The first-order chi connectivity index (χ1) is 9.02. The van der Waals surface area contributed by atoms with E-state index in [0.29, 0.717) is 12.0 Å². The Labute approximate surface area is 120 Å². The molecular formula is C14H16BrFN2O. The lowest BCUT2D eigenvalue weighted by Gasteiger charge is -2.11. The van der Waals surface area contributed by atoms with Crippen molar-refractivity contribution in [3.63, 3.8) is 0 Å². The minimum absolute atomic E-state index is 0.300. The van der Waals surface area contributed by atoms with E-state index in [1.165, 1.54) is 12.1 Å². The third-order valence-electron chi connectivity index (χ3n) is 3.14. The lowest BCUT2D eigenvalue weighted by molar-refractivity contribution is 0.175. The Kier molecular flexibility index (Phi) is 4.37. The van der Waals surface area contributed by atoms with Crippen LogP contribution in [0.4, 0.5) is 4.39 Å². The normalized spacial score (nSPS) is 12.7. The molecule has 102 valence electrons. The van der Waals surface area contributed by atoms with Crippen LogP contribution in [-0.2, 0) is 19.9 Å². The van der Waals surface area contributed by atoms with Crippen LogP contribution in [0.3, 0.4) is 0 Å². The zero-order valence-electron chi connectivity index (χ0n) is 10.9. The molecule has 1 aromatic heterocycles. The molecule has 0 aliphatic heterocycles. The summed E-state index contributed by atoms with van der Waals surface area (Å²) in [6.45, 7) is 2.03. The van der Waals surface area contributed by atoms with Gasteiger partial charge in [0.15, 0.2) is 0 Å². The highest BCUT2D eigenvalue weighted by molar-refractivity contribution is 9.10. The molecule has 19 heavy (non-hydrogen) atoms.